The molecule has 0 saturated heterocycles. The van der Waals surface area contributed by atoms with Crippen molar-refractivity contribution in [2.24, 2.45) is 11.7 Å². The van der Waals surface area contributed by atoms with Crippen LogP contribution in [0, 0.1) is 5.92 Å². The van der Waals surface area contributed by atoms with E-state index in [0.29, 0.717) is 5.75 Å². The van der Waals surface area contributed by atoms with Gasteiger partial charge in [-0.2, -0.15) is 0 Å². The highest BCUT2D eigenvalue weighted by Crippen LogP contribution is 2.51. The Hall–Kier alpha value is -2.45. The molecule has 2 aromatic rings. The third-order valence-corrected chi connectivity index (χ3v) is 9.02. The number of thioether (sulfide) groups is 1. The zero-order chi connectivity index (χ0) is 26.0. The molecule has 1 amide bonds. The molecule has 8 nitrogen and oxygen atoms in total. The summed E-state index contributed by atoms with van der Waals surface area (Å²) in [4.78, 5) is 35.5. The van der Waals surface area contributed by atoms with Crippen LogP contribution < -0.4 is 11.1 Å². The Morgan fingerprint density at radius 2 is 1.66 bits per heavy atom. The average molecular weight is 521 g/mol. The van der Waals surface area contributed by atoms with E-state index in [2.05, 4.69) is 5.32 Å². The van der Waals surface area contributed by atoms with E-state index in [1.54, 1.807) is 6.92 Å². The van der Waals surface area contributed by atoms with Crippen LogP contribution in [0.5, 0.6) is 0 Å². The lowest BCUT2D eigenvalue weighted by Gasteiger charge is -2.27. The van der Waals surface area contributed by atoms with Gasteiger partial charge in [-0.3, -0.25) is 18.9 Å². The highest BCUT2D eigenvalue weighted by molar-refractivity contribution is 8.13. The molecule has 0 fully saturated rings. The second kappa shape index (κ2) is 13.6. The van der Waals surface area contributed by atoms with Crippen LogP contribution in [0.25, 0.3) is 11.1 Å². The molecule has 0 aromatic heterocycles. The summed E-state index contributed by atoms with van der Waals surface area (Å²) in [6, 6.07) is 16.4. The third kappa shape index (κ3) is 9.26. The summed E-state index contributed by atoms with van der Waals surface area (Å²) in [7, 11) is -3.48. The van der Waals surface area contributed by atoms with Gasteiger partial charge in [-0.05, 0) is 37.0 Å². The summed E-state index contributed by atoms with van der Waals surface area (Å²) in [6.07, 6.45) is 0.0868. The van der Waals surface area contributed by atoms with Crippen molar-refractivity contribution in [1.29, 1.82) is 0 Å². The first-order chi connectivity index (χ1) is 16.5. The predicted molar refractivity (Wildman–Crippen MR) is 140 cm³/mol. The highest BCUT2D eigenvalue weighted by atomic mass is 32.2. The summed E-state index contributed by atoms with van der Waals surface area (Å²) in [5.41, 5.74) is 8.90. The molecule has 35 heavy (non-hydrogen) atoms. The maximum Gasteiger partial charge on any atom is 0.325 e. The van der Waals surface area contributed by atoms with E-state index in [1.165, 1.54) is 13.8 Å². The number of carbonyl (C=O) groups excluding carboxylic acids is 2. The Kier molecular flexibility index (Phi) is 11.2. The molecule has 0 bridgehead atoms. The summed E-state index contributed by atoms with van der Waals surface area (Å²) in [5, 5.41) is 11.6. The maximum atomic E-state index is 13.6. The number of rotatable bonds is 13. The second-order valence-electron chi connectivity index (χ2n) is 8.36. The lowest BCUT2D eigenvalue weighted by Crippen LogP contribution is -2.43. The van der Waals surface area contributed by atoms with Crippen molar-refractivity contribution in [1.82, 2.24) is 5.32 Å². The normalized spacial score (nSPS) is 15.4. The lowest BCUT2D eigenvalue weighted by atomic mass is 9.97. The van der Waals surface area contributed by atoms with Crippen LogP contribution in [0.15, 0.2) is 54.6 Å². The predicted octanol–water partition coefficient (Wildman–Crippen LogP) is 3.98. The molecule has 0 aliphatic rings. The van der Waals surface area contributed by atoms with E-state index in [0.717, 1.165) is 28.5 Å². The van der Waals surface area contributed by atoms with Crippen molar-refractivity contribution in [3.63, 3.8) is 0 Å². The van der Waals surface area contributed by atoms with Gasteiger partial charge in [0, 0.05) is 18.8 Å². The number of carboxylic acids is 1. The van der Waals surface area contributed by atoms with Crippen molar-refractivity contribution in [2.45, 2.75) is 39.0 Å². The lowest BCUT2D eigenvalue weighted by molar-refractivity contribution is -0.141. The number of amides is 1. The number of carbonyl (C=O) groups is 3. The number of carboxylic acid groups (broad SMARTS) is 1. The van der Waals surface area contributed by atoms with Gasteiger partial charge in [0.1, 0.15) is 6.04 Å². The van der Waals surface area contributed by atoms with E-state index in [1.807, 2.05) is 54.6 Å². The summed E-state index contributed by atoms with van der Waals surface area (Å²) in [5.74, 6) is -3.04. The highest BCUT2D eigenvalue weighted by Gasteiger charge is 2.35. The molecule has 0 heterocycles. The number of hydrogen-bond donors (Lipinski definition) is 3. The zero-order valence-electron chi connectivity index (χ0n) is 20.2. The van der Waals surface area contributed by atoms with E-state index in [4.69, 9.17) is 10.3 Å². The van der Waals surface area contributed by atoms with Crippen molar-refractivity contribution in [3.05, 3.63) is 60.2 Å². The SMILES string of the molecule is CC(=O)SCCOP(=O)(CC(Cc1ccc(-c2ccccc2)cc1)C(=O)N[C@@H](C)C(=O)O)C(C)N. The van der Waals surface area contributed by atoms with E-state index < -0.39 is 37.0 Å². The molecule has 0 aliphatic carbocycles. The Bertz CT molecular complexity index is 1050. The average Bonchev–Trinajstić information content (AvgIpc) is 2.82. The maximum absolute atomic E-state index is 13.6. The van der Waals surface area contributed by atoms with Crippen molar-refractivity contribution < 1.29 is 28.6 Å². The molecule has 0 spiro atoms. The van der Waals surface area contributed by atoms with Crippen molar-refractivity contribution in [3.8, 4) is 11.1 Å². The van der Waals surface area contributed by atoms with Crippen LogP contribution in [-0.4, -0.2) is 52.4 Å². The Morgan fingerprint density at radius 1 is 1.06 bits per heavy atom. The van der Waals surface area contributed by atoms with Gasteiger partial charge in [-0.25, -0.2) is 0 Å². The van der Waals surface area contributed by atoms with Crippen LogP contribution in [0.1, 0.15) is 26.3 Å². The fourth-order valence-electron chi connectivity index (χ4n) is 3.40. The van der Waals surface area contributed by atoms with Crippen molar-refractivity contribution in [2.75, 3.05) is 18.5 Å². The van der Waals surface area contributed by atoms with E-state index in [9.17, 15) is 24.1 Å². The largest absolute Gasteiger partial charge is 0.480 e. The molecule has 190 valence electrons. The minimum atomic E-state index is -3.48. The minimum absolute atomic E-state index is 0.0503. The van der Waals surface area contributed by atoms with Crippen LogP contribution in [0.2, 0.25) is 0 Å². The van der Waals surface area contributed by atoms with E-state index in [-0.39, 0.29) is 24.3 Å². The Labute approximate surface area is 210 Å². The van der Waals surface area contributed by atoms with Gasteiger partial charge >= 0.3 is 5.97 Å². The molecule has 3 unspecified atom stereocenters. The van der Waals surface area contributed by atoms with Gasteiger partial charge in [0.2, 0.25) is 13.3 Å². The van der Waals surface area contributed by atoms with Gasteiger partial charge in [0.25, 0.3) is 0 Å². The quantitative estimate of drug-likeness (QED) is 0.267. The van der Waals surface area contributed by atoms with Gasteiger partial charge < -0.3 is 20.7 Å². The van der Waals surface area contributed by atoms with Gasteiger partial charge in [-0.15, -0.1) is 0 Å². The van der Waals surface area contributed by atoms with Crippen LogP contribution >= 0.6 is 19.1 Å². The van der Waals surface area contributed by atoms with Crippen LogP contribution in [0.3, 0.4) is 0 Å². The van der Waals surface area contributed by atoms with Gasteiger partial charge in [-0.1, -0.05) is 66.4 Å². The number of benzene rings is 2. The summed E-state index contributed by atoms with van der Waals surface area (Å²) >= 11 is 1.05. The standard InChI is InChI=1S/C25H33N2O6PS/c1-17(25(30)31)27-24(29)23(16-34(32,18(2)26)33-13-14-35-19(3)28)15-20-9-11-22(12-10-20)21-7-5-4-6-8-21/h4-12,17-18,23H,13-16,26H2,1-3H3,(H,27,29)(H,30,31)/t17-,18?,23?,34?/m0/s1. The molecule has 0 radical (unpaired) electrons. The van der Waals surface area contributed by atoms with Gasteiger partial charge in [0.05, 0.1) is 18.3 Å². The summed E-state index contributed by atoms with van der Waals surface area (Å²) < 4.78 is 19.2. The number of aliphatic carboxylic acids is 1. The van der Waals surface area contributed by atoms with Crippen molar-refractivity contribution >= 4 is 36.1 Å². The molecular formula is C25H33N2O6PS. The molecule has 4 N–H and O–H groups in total. The molecular weight excluding hydrogens is 487 g/mol. The fraction of sp³-hybridized carbons (Fsp3) is 0.400. The monoisotopic (exact) mass is 520 g/mol. The molecule has 4 atom stereocenters. The van der Waals surface area contributed by atoms with Crippen LogP contribution in [0.4, 0.5) is 0 Å². The molecule has 2 aromatic carbocycles. The zero-order valence-corrected chi connectivity index (χ0v) is 21.9. The Balaban J connectivity index is 2.23. The first kappa shape index (κ1) is 28.8. The number of nitrogens with one attached hydrogen (secondary N) is 1. The number of nitrogens with two attached hydrogens (primary N) is 1. The minimum Gasteiger partial charge on any atom is -0.480 e. The summed E-state index contributed by atoms with van der Waals surface area (Å²) in [6.45, 7) is 4.41. The molecule has 0 aliphatic heterocycles. The second-order valence-corrected chi connectivity index (χ2v) is 12.5. The smallest absolute Gasteiger partial charge is 0.325 e. The molecule has 10 heteroatoms. The van der Waals surface area contributed by atoms with Gasteiger partial charge in [0.15, 0.2) is 5.12 Å². The first-order valence-corrected chi connectivity index (χ1v) is 14.2. The van der Waals surface area contributed by atoms with E-state index >= 15 is 0 Å². The van der Waals surface area contributed by atoms with Crippen LogP contribution in [-0.2, 0) is 29.9 Å². The molecule has 0 saturated carbocycles. The fourth-order valence-corrected chi connectivity index (χ4v) is 5.96. The third-order valence-electron chi connectivity index (χ3n) is 5.44. The molecule has 2 rings (SSSR count). The topological polar surface area (TPSA) is 136 Å². The number of hydrogen-bond acceptors (Lipinski definition) is 7. The Morgan fingerprint density at radius 3 is 2.20 bits per heavy atom. The first-order valence-electron chi connectivity index (χ1n) is 11.3.